The van der Waals surface area contributed by atoms with Gasteiger partial charge in [0.25, 0.3) is 17.6 Å². The van der Waals surface area contributed by atoms with Crippen LogP contribution in [0.25, 0.3) is 0 Å². The summed E-state index contributed by atoms with van der Waals surface area (Å²) in [5.74, 6) is -7.41. The molecule has 2 aromatic rings. The molecule has 1 aromatic carbocycles. The maximum Gasteiger partial charge on any atom is 0.305 e. The van der Waals surface area contributed by atoms with Crippen LogP contribution in [0.2, 0.25) is 5.02 Å². The number of Topliss-reactive ketones (excluding diaryl/α,β-unsaturated/α-hetero) is 1. The number of benzene rings is 1. The van der Waals surface area contributed by atoms with E-state index in [1.807, 2.05) is 6.92 Å². The molecular weight excluding hydrogens is 527 g/mol. The van der Waals surface area contributed by atoms with Gasteiger partial charge in [0.1, 0.15) is 5.69 Å². The highest BCUT2D eigenvalue weighted by molar-refractivity contribution is 6.48. The third-order valence-corrected chi connectivity index (χ3v) is 7.67. The van der Waals surface area contributed by atoms with Crippen molar-refractivity contribution in [3.8, 4) is 0 Å². The predicted octanol–water partition coefficient (Wildman–Crippen LogP) is 4.57. The fraction of sp³-hybridized carbons (Fsp3) is 0.462. The maximum atomic E-state index is 13.6. The molecular formula is C26H27ClF3N3O5. The number of ketones is 1. The summed E-state index contributed by atoms with van der Waals surface area (Å²) >= 11 is 6.46. The van der Waals surface area contributed by atoms with Crippen LogP contribution in [-0.4, -0.2) is 40.8 Å². The van der Waals surface area contributed by atoms with Crippen molar-refractivity contribution < 1.29 is 37.1 Å². The van der Waals surface area contributed by atoms with Gasteiger partial charge < -0.3 is 19.9 Å². The van der Waals surface area contributed by atoms with Gasteiger partial charge in [-0.15, -0.1) is 0 Å². The Bertz CT molecular complexity index is 1290. The Balaban J connectivity index is 1.51. The van der Waals surface area contributed by atoms with Gasteiger partial charge in [0.15, 0.2) is 17.5 Å². The minimum Gasteiger partial charge on any atom is -0.469 e. The average molecular weight is 554 g/mol. The maximum absolute atomic E-state index is 13.6. The minimum atomic E-state index is -1.67. The lowest BCUT2D eigenvalue weighted by Crippen LogP contribution is -2.50. The van der Waals surface area contributed by atoms with Crippen LogP contribution in [0.5, 0.6) is 0 Å². The summed E-state index contributed by atoms with van der Waals surface area (Å²) in [7, 11) is 1.34. The smallest absolute Gasteiger partial charge is 0.305 e. The van der Waals surface area contributed by atoms with Gasteiger partial charge in [-0.25, -0.2) is 13.2 Å². The lowest BCUT2D eigenvalue weighted by molar-refractivity contribution is -0.142. The third-order valence-electron chi connectivity index (χ3n) is 7.30. The van der Waals surface area contributed by atoms with E-state index in [-0.39, 0.29) is 33.9 Å². The summed E-state index contributed by atoms with van der Waals surface area (Å²) in [6, 6.07) is 1.25. The van der Waals surface area contributed by atoms with E-state index in [4.69, 9.17) is 16.3 Å². The molecule has 8 nitrogen and oxygen atoms in total. The molecule has 2 amide bonds. The number of halogens is 4. The molecule has 0 saturated heterocycles. The van der Waals surface area contributed by atoms with Crippen molar-refractivity contribution in [2.24, 2.45) is 5.92 Å². The van der Waals surface area contributed by atoms with Crippen molar-refractivity contribution in [1.82, 2.24) is 9.88 Å². The van der Waals surface area contributed by atoms with E-state index in [1.165, 1.54) is 11.7 Å². The van der Waals surface area contributed by atoms with Crippen molar-refractivity contribution in [3.05, 3.63) is 51.6 Å². The second-order valence-corrected chi connectivity index (χ2v) is 10.4. The Labute approximate surface area is 221 Å². The molecule has 0 atom stereocenters. The highest BCUT2D eigenvalue weighted by atomic mass is 35.5. The lowest BCUT2D eigenvalue weighted by Gasteiger charge is -2.37. The molecule has 0 spiro atoms. The van der Waals surface area contributed by atoms with E-state index in [0.29, 0.717) is 69.3 Å². The summed E-state index contributed by atoms with van der Waals surface area (Å²) in [5, 5.41) is 4.84. The Morgan fingerprint density at radius 3 is 2.37 bits per heavy atom. The molecule has 1 fully saturated rings. The van der Waals surface area contributed by atoms with Crippen LogP contribution in [0.15, 0.2) is 12.1 Å². The largest absolute Gasteiger partial charge is 0.469 e. The first-order valence-corrected chi connectivity index (χ1v) is 12.6. The number of ether oxygens (including phenoxy) is 1. The molecule has 1 aliphatic carbocycles. The van der Waals surface area contributed by atoms with Gasteiger partial charge in [-0.1, -0.05) is 11.6 Å². The number of amides is 2. The number of hydrogen-bond acceptors (Lipinski definition) is 5. The molecule has 1 aromatic heterocycles. The number of aromatic nitrogens is 1. The third kappa shape index (κ3) is 5.43. The molecule has 0 radical (unpaired) electrons. The zero-order valence-corrected chi connectivity index (χ0v) is 21.6. The van der Waals surface area contributed by atoms with Crippen LogP contribution in [0.1, 0.15) is 72.0 Å². The molecule has 4 rings (SSSR count). The topological polar surface area (TPSA) is 106 Å². The van der Waals surface area contributed by atoms with Crippen molar-refractivity contribution >= 4 is 40.9 Å². The number of methoxy groups -OCH3 is 1. The van der Waals surface area contributed by atoms with Crippen molar-refractivity contribution in [2.45, 2.75) is 64.0 Å². The van der Waals surface area contributed by atoms with Crippen LogP contribution in [0.3, 0.4) is 0 Å². The minimum absolute atomic E-state index is 0.0833. The highest BCUT2D eigenvalue weighted by Gasteiger charge is 2.38. The summed E-state index contributed by atoms with van der Waals surface area (Å²) in [6.07, 6.45) is 3.76. The number of carbonyl (C=O) groups excluding carboxylic acids is 4. The molecule has 0 bridgehead atoms. The average Bonchev–Trinajstić information content (AvgIpc) is 3.42. The Morgan fingerprint density at radius 2 is 1.76 bits per heavy atom. The number of esters is 1. The van der Waals surface area contributed by atoms with Gasteiger partial charge in [-0.2, -0.15) is 0 Å². The Hall–Kier alpha value is -3.34. The zero-order valence-electron chi connectivity index (χ0n) is 20.9. The zero-order chi connectivity index (χ0) is 27.8. The van der Waals surface area contributed by atoms with Gasteiger partial charge in [0.2, 0.25) is 0 Å². The van der Waals surface area contributed by atoms with Crippen LogP contribution in [-0.2, 0) is 27.3 Å². The van der Waals surface area contributed by atoms with E-state index in [9.17, 15) is 32.3 Å². The van der Waals surface area contributed by atoms with Crippen LogP contribution < -0.4 is 10.6 Å². The predicted molar refractivity (Wildman–Crippen MR) is 132 cm³/mol. The van der Waals surface area contributed by atoms with Crippen molar-refractivity contribution in [1.29, 1.82) is 0 Å². The van der Waals surface area contributed by atoms with Gasteiger partial charge in [0.05, 0.1) is 17.7 Å². The van der Waals surface area contributed by atoms with Gasteiger partial charge in [0, 0.05) is 42.0 Å². The fourth-order valence-electron chi connectivity index (χ4n) is 5.22. The molecule has 2 aliphatic rings. The number of fused-ring (bicyclic) bond motifs is 1. The van der Waals surface area contributed by atoms with E-state index in [2.05, 4.69) is 10.6 Å². The summed E-state index contributed by atoms with van der Waals surface area (Å²) < 4.78 is 46.7. The molecule has 2 N–H and O–H groups in total. The SMILES string of the molecule is COC(=O)C[C@H]1CC[C@](C)(NC(=O)C(=O)c2c(Cl)c(C(=O)Nc3cc(F)c(F)c(F)c3)c3n2CCC3)CC1. The van der Waals surface area contributed by atoms with Crippen LogP contribution in [0, 0.1) is 23.4 Å². The number of carbonyl (C=O) groups is 4. The monoisotopic (exact) mass is 553 g/mol. The number of rotatable bonds is 7. The lowest BCUT2D eigenvalue weighted by atomic mass is 9.76. The van der Waals surface area contributed by atoms with Crippen LogP contribution in [0.4, 0.5) is 18.9 Å². The molecule has 0 unspecified atom stereocenters. The van der Waals surface area contributed by atoms with E-state index in [0.717, 1.165) is 0 Å². The molecule has 38 heavy (non-hydrogen) atoms. The van der Waals surface area contributed by atoms with E-state index >= 15 is 0 Å². The highest BCUT2D eigenvalue weighted by Crippen LogP contribution is 2.36. The summed E-state index contributed by atoms with van der Waals surface area (Å²) in [4.78, 5) is 50.9. The number of hydrogen-bond donors (Lipinski definition) is 2. The molecule has 12 heteroatoms. The fourth-order valence-corrected chi connectivity index (χ4v) is 5.60. The number of nitrogens with zero attached hydrogens (tertiary/aromatic N) is 1. The first-order valence-electron chi connectivity index (χ1n) is 12.2. The molecule has 204 valence electrons. The summed E-state index contributed by atoms with van der Waals surface area (Å²) in [5.41, 5.74) is -0.798. The second-order valence-electron chi connectivity index (χ2n) is 10.0. The first-order chi connectivity index (χ1) is 17.9. The van der Waals surface area contributed by atoms with Gasteiger partial charge >= 0.3 is 5.97 Å². The first kappa shape index (κ1) is 27.7. The Kier molecular flexibility index (Phi) is 7.87. The van der Waals surface area contributed by atoms with Crippen molar-refractivity contribution in [3.63, 3.8) is 0 Å². The van der Waals surface area contributed by atoms with Crippen LogP contribution >= 0.6 is 11.6 Å². The standard InChI is InChI=1S/C26H27ClF3N3O5/c1-26(7-5-13(6-8-26)10-18(34)38-2)32-25(37)23(35)22-20(27)19(17-4-3-9-33(17)22)24(36)31-14-11-15(28)21(30)16(29)12-14/h11-13H,3-10H2,1-2H3,(H,31,36)(H,32,37)/t13-,26-. The number of anilines is 1. The van der Waals surface area contributed by atoms with Gasteiger partial charge in [-0.3, -0.25) is 19.2 Å². The second kappa shape index (κ2) is 10.8. The van der Waals surface area contributed by atoms with E-state index in [1.54, 1.807) is 0 Å². The molecule has 1 saturated carbocycles. The quantitative estimate of drug-likeness (QED) is 0.226. The Morgan fingerprint density at radius 1 is 1.13 bits per heavy atom. The number of nitrogens with one attached hydrogen (secondary N) is 2. The molecule has 1 aliphatic heterocycles. The van der Waals surface area contributed by atoms with E-state index < -0.39 is 40.6 Å². The van der Waals surface area contributed by atoms with Crippen molar-refractivity contribution in [2.75, 3.05) is 12.4 Å². The van der Waals surface area contributed by atoms with Gasteiger partial charge in [-0.05, 0) is 51.4 Å². The molecule has 2 heterocycles. The normalized spacial score (nSPS) is 20.5. The summed E-state index contributed by atoms with van der Waals surface area (Å²) in [6.45, 7) is 2.18.